The molecule has 1 nitrogen and oxygen atoms in total. The molecule has 0 aromatic heterocycles. The highest BCUT2D eigenvalue weighted by Crippen LogP contribution is 2.33. The fourth-order valence-corrected chi connectivity index (χ4v) is 2.43. The van der Waals surface area contributed by atoms with Crippen LogP contribution in [0.15, 0.2) is 24.3 Å². The van der Waals surface area contributed by atoms with Gasteiger partial charge in [-0.1, -0.05) is 37.8 Å². The fourth-order valence-electron chi connectivity index (χ4n) is 2.43. The van der Waals surface area contributed by atoms with Crippen molar-refractivity contribution in [3.05, 3.63) is 35.6 Å². The van der Waals surface area contributed by atoms with Gasteiger partial charge in [0.15, 0.2) is 0 Å². The van der Waals surface area contributed by atoms with Crippen molar-refractivity contribution in [3.8, 4) is 0 Å². The van der Waals surface area contributed by atoms with Crippen molar-refractivity contribution in [1.82, 2.24) is 0 Å². The first-order valence-corrected chi connectivity index (χ1v) is 5.76. The highest BCUT2D eigenvalue weighted by molar-refractivity contribution is 5.24. The molecule has 1 aliphatic rings. The molecular weight excluding hydrogens is 189 g/mol. The summed E-state index contributed by atoms with van der Waals surface area (Å²) in [7, 11) is 0. The molecular formula is C13H18FN. The summed E-state index contributed by atoms with van der Waals surface area (Å²) >= 11 is 0. The topological polar surface area (TPSA) is 26.0 Å². The SMILES string of the molecule is NC1(c2ccc(F)cc2)CCCCCC1. The number of benzene rings is 1. The second kappa shape index (κ2) is 4.31. The van der Waals surface area contributed by atoms with E-state index in [2.05, 4.69) is 0 Å². The van der Waals surface area contributed by atoms with Gasteiger partial charge in [-0.3, -0.25) is 0 Å². The molecule has 0 bridgehead atoms. The Bertz CT molecular complexity index is 310. The van der Waals surface area contributed by atoms with E-state index in [-0.39, 0.29) is 11.4 Å². The van der Waals surface area contributed by atoms with Crippen molar-refractivity contribution in [3.63, 3.8) is 0 Å². The van der Waals surface area contributed by atoms with Crippen molar-refractivity contribution in [2.45, 2.75) is 44.1 Å². The van der Waals surface area contributed by atoms with Gasteiger partial charge in [0.05, 0.1) is 0 Å². The maximum atomic E-state index is 12.8. The molecule has 0 heterocycles. The fraction of sp³-hybridized carbons (Fsp3) is 0.538. The normalized spacial score (nSPS) is 20.9. The van der Waals surface area contributed by atoms with Crippen molar-refractivity contribution >= 4 is 0 Å². The summed E-state index contributed by atoms with van der Waals surface area (Å²) in [5, 5.41) is 0. The zero-order valence-electron chi connectivity index (χ0n) is 9.01. The van der Waals surface area contributed by atoms with E-state index in [1.807, 2.05) is 12.1 Å². The molecule has 0 atom stereocenters. The van der Waals surface area contributed by atoms with Crippen LogP contribution in [0.2, 0.25) is 0 Å². The van der Waals surface area contributed by atoms with E-state index in [9.17, 15) is 4.39 Å². The van der Waals surface area contributed by atoms with E-state index in [0.717, 1.165) is 18.4 Å². The van der Waals surface area contributed by atoms with Crippen molar-refractivity contribution in [2.24, 2.45) is 5.73 Å². The van der Waals surface area contributed by atoms with Gasteiger partial charge >= 0.3 is 0 Å². The molecule has 2 heteroatoms. The minimum absolute atomic E-state index is 0.184. The molecule has 0 amide bonds. The minimum atomic E-state index is -0.218. The Morgan fingerprint density at radius 1 is 0.933 bits per heavy atom. The Balaban J connectivity index is 2.22. The average molecular weight is 207 g/mol. The molecule has 0 radical (unpaired) electrons. The van der Waals surface area contributed by atoms with Crippen LogP contribution < -0.4 is 5.73 Å². The van der Waals surface area contributed by atoms with Crippen LogP contribution in [0.5, 0.6) is 0 Å². The molecule has 2 N–H and O–H groups in total. The number of rotatable bonds is 1. The molecule has 0 aliphatic heterocycles. The summed E-state index contributed by atoms with van der Waals surface area (Å²) in [6.45, 7) is 0. The summed E-state index contributed by atoms with van der Waals surface area (Å²) in [4.78, 5) is 0. The van der Waals surface area contributed by atoms with Crippen LogP contribution in [-0.4, -0.2) is 0 Å². The van der Waals surface area contributed by atoms with Gasteiger partial charge in [0.2, 0.25) is 0 Å². The summed E-state index contributed by atoms with van der Waals surface area (Å²) in [5.41, 5.74) is 7.28. The van der Waals surface area contributed by atoms with Gasteiger partial charge in [0, 0.05) is 5.54 Å². The van der Waals surface area contributed by atoms with Gasteiger partial charge in [-0.05, 0) is 30.5 Å². The molecule has 0 saturated heterocycles. The lowest BCUT2D eigenvalue weighted by Crippen LogP contribution is -2.35. The highest BCUT2D eigenvalue weighted by Gasteiger charge is 2.27. The largest absolute Gasteiger partial charge is 0.321 e. The maximum Gasteiger partial charge on any atom is 0.123 e. The molecule has 1 aromatic carbocycles. The smallest absolute Gasteiger partial charge is 0.123 e. The summed E-state index contributed by atoms with van der Waals surface area (Å²) in [5.74, 6) is -0.184. The van der Waals surface area contributed by atoms with E-state index in [1.165, 1.54) is 37.8 Å². The second-order valence-electron chi connectivity index (χ2n) is 4.58. The first-order valence-electron chi connectivity index (χ1n) is 5.76. The van der Waals surface area contributed by atoms with Gasteiger partial charge < -0.3 is 5.73 Å². The van der Waals surface area contributed by atoms with Gasteiger partial charge in [0.25, 0.3) is 0 Å². The summed E-state index contributed by atoms with van der Waals surface area (Å²) in [6.07, 6.45) is 6.99. The van der Waals surface area contributed by atoms with Crippen molar-refractivity contribution < 1.29 is 4.39 Å². The predicted octanol–water partition coefficient (Wildman–Crippen LogP) is 3.33. The third-order valence-electron chi connectivity index (χ3n) is 3.41. The molecule has 1 fully saturated rings. The zero-order chi connectivity index (χ0) is 10.7. The summed E-state index contributed by atoms with van der Waals surface area (Å²) in [6, 6.07) is 6.69. The second-order valence-corrected chi connectivity index (χ2v) is 4.58. The Morgan fingerprint density at radius 2 is 1.47 bits per heavy atom. The van der Waals surface area contributed by atoms with Crippen LogP contribution >= 0.6 is 0 Å². The lowest BCUT2D eigenvalue weighted by Gasteiger charge is -2.28. The van der Waals surface area contributed by atoms with Crippen LogP contribution in [-0.2, 0) is 5.54 Å². The lowest BCUT2D eigenvalue weighted by molar-refractivity contribution is 0.385. The molecule has 1 aromatic rings. The Hall–Kier alpha value is -0.890. The van der Waals surface area contributed by atoms with Crippen molar-refractivity contribution in [2.75, 3.05) is 0 Å². The van der Waals surface area contributed by atoms with Gasteiger partial charge in [-0.2, -0.15) is 0 Å². The molecule has 0 unspecified atom stereocenters. The molecule has 1 aliphatic carbocycles. The molecule has 0 spiro atoms. The molecule has 82 valence electrons. The predicted molar refractivity (Wildman–Crippen MR) is 60.0 cm³/mol. The van der Waals surface area contributed by atoms with Gasteiger partial charge in [-0.15, -0.1) is 0 Å². The number of halogens is 1. The number of hydrogen-bond acceptors (Lipinski definition) is 1. The molecule has 15 heavy (non-hydrogen) atoms. The van der Waals surface area contributed by atoms with E-state index in [4.69, 9.17) is 5.73 Å². The van der Waals surface area contributed by atoms with Crippen LogP contribution in [0.4, 0.5) is 4.39 Å². The highest BCUT2D eigenvalue weighted by atomic mass is 19.1. The van der Waals surface area contributed by atoms with Crippen LogP contribution in [0.1, 0.15) is 44.1 Å². The van der Waals surface area contributed by atoms with Crippen LogP contribution in [0.25, 0.3) is 0 Å². The maximum absolute atomic E-state index is 12.8. The first kappa shape index (κ1) is 10.6. The minimum Gasteiger partial charge on any atom is -0.321 e. The Morgan fingerprint density at radius 3 is 2.00 bits per heavy atom. The number of hydrogen-bond donors (Lipinski definition) is 1. The van der Waals surface area contributed by atoms with E-state index in [1.54, 1.807) is 0 Å². The van der Waals surface area contributed by atoms with Crippen molar-refractivity contribution in [1.29, 1.82) is 0 Å². The van der Waals surface area contributed by atoms with E-state index < -0.39 is 0 Å². The molecule has 2 rings (SSSR count). The Labute approximate surface area is 90.5 Å². The standard InChI is InChI=1S/C13H18FN/c14-12-7-5-11(6-8-12)13(15)9-3-1-2-4-10-13/h5-8H,1-4,9-10,15H2. The zero-order valence-corrected chi connectivity index (χ0v) is 9.01. The van der Waals surface area contributed by atoms with E-state index in [0.29, 0.717) is 0 Å². The molecule has 1 saturated carbocycles. The summed E-state index contributed by atoms with van der Waals surface area (Å²) < 4.78 is 12.8. The lowest BCUT2D eigenvalue weighted by atomic mass is 9.84. The van der Waals surface area contributed by atoms with Gasteiger partial charge in [-0.25, -0.2) is 4.39 Å². The van der Waals surface area contributed by atoms with Crippen LogP contribution in [0.3, 0.4) is 0 Å². The third kappa shape index (κ3) is 2.37. The first-order chi connectivity index (χ1) is 7.21. The van der Waals surface area contributed by atoms with E-state index >= 15 is 0 Å². The monoisotopic (exact) mass is 207 g/mol. The quantitative estimate of drug-likeness (QED) is 0.702. The third-order valence-corrected chi connectivity index (χ3v) is 3.41. The number of nitrogens with two attached hydrogens (primary N) is 1. The van der Waals surface area contributed by atoms with Gasteiger partial charge in [0.1, 0.15) is 5.82 Å². The Kier molecular flexibility index (Phi) is 3.06. The van der Waals surface area contributed by atoms with Crippen LogP contribution in [0, 0.1) is 5.82 Å². The average Bonchev–Trinajstić information content (AvgIpc) is 2.45.